The van der Waals surface area contributed by atoms with Crippen LogP contribution in [0.5, 0.6) is 0 Å². The van der Waals surface area contributed by atoms with Crippen molar-refractivity contribution in [2.24, 2.45) is 0 Å². The summed E-state index contributed by atoms with van der Waals surface area (Å²) in [6.07, 6.45) is -3.29. The van der Waals surface area contributed by atoms with Crippen LogP contribution in [0.1, 0.15) is 15.9 Å². The molecule has 20 heavy (non-hydrogen) atoms. The lowest BCUT2D eigenvalue weighted by molar-refractivity contribution is -0.137. The lowest BCUT2D eigenvalue weighted by atomic mass is 10.2. The van der Waals surface area contributed by atoms with Crippen molar-refractivity contribution in [2.45, 2.75) is 6.18 Å². The largest absolute Gasteiger partial charge is 0.452 e. The Morgan fingerprint density at radius 2 is 1.90 bits per heavy atom. The fourth-order valence-electron chi connectivity index (χ4n) is 1.44. The molecule has 0 bridgehead atoms. The fraction of sp³-hybridized carbons (Fsp3) is 0.0833. The van der Waals surface area contributed by atoms with Gasteiger partial charge in [0.1, 0.15) is 0 Å². The summed E-state index contributed by atoms with van der Waals surface area (Å²) in [6, 6.07) is 3.94. The van der Waals surface area contributed by atoms with Crippen molar-refractivity contribution in [3.8, 4) is 0 Å². The van der Waals surface area contributed by atoms with E-state index in [1.807, 2.05) is 0 Å². The van der Waals surface area contributed by atoms with Gasteiger partial charge in [-0.1, -0.05) is 11.6 Å². The summed E-state index contributed by atoms with van der Waals surface area (Å²) in [4.78, 5) is 11.8. The van der Waals surface area contributed by atoms with Crippen LogP contribution < -0.4 is 5.32 Å². The minimum absolute atomic E-state index is 0.0435. The van der Waals surface area contributed by atoms with Crippen LogP contribution in [0.3, 0.4) is 0 Å². The first-order chi connectivity index (χ1) is 9.29. The average Bonchev–Trinajstić information content (AvgIpc) is 2.76. The van der Waals surface area contributed by atoms with Crippen molar-refractivity contribution in [3.05, 3.63) is 51.9 Å². The van der Waals surface area contributed by atoms with Crippen molar-refractivity contribution >= 4 is 34.8 Å². The number of alkyl halides is 3. The van der Waals surface area contributed by atoms with E-state index in [0.29, 0.717) is 0 Å². The SMILES string of the molecule is O=C(Nc1ccc(C(F)(F)F)cc1Cl)c1ccoc1Cl. The van der Waals surface area contributed by atoms with Gasteiger partial charge in [-0.05, 0) is 35.9 Å². The average molecular weight is 324 g/mol. The predicted molar refractivity (Wildman–Crippen MR) is 68.1 cm³/mol. The Kier molecular flexibility index (Phi) is 3.96. The second kappa shape index (κ2) is 5.38. The summed E-state index contributed by atoms with van der Waals surface area (Å²) in [6.45, 7) is 0. The minimum atomic E-state index is -4.50. The summed E-state index contributed by atoms with van der Waals surface area (Å²) >= 11 is 11.3. The number of furan rings is 1. The van der Waals surface area contributed by atoms with Crippen LogP contribution in [0, 0.1) is 0 Å². The number of rotatable bonds is 2. The number of nitrogens with one attached hydrogen (secondary N) is 1. The number of hydrogen-bond acceptors (Lipinski definition) is 2. The van der Waals surface area contributed by atoms with Crippen LogP contribution in [-0.2, 0) is 6.18 Å². The topological polar surface area (TPSA) is 42.2 Å². The number of amides is 1. The van der Waals surface area contributed by atoms with E-state index in [1.54, 1.807) is 0 Å². The molecule has 1 amide bonds. The van der Waals surface area contributed by atoms with E-state index in [2.05, 4.69) is 5.32 Å². The zero-order valence-corrected chi connectivity index (χ0v) is 11.1. The van der Waals surface area contributed by atoms with Crippen LogP contribution in [0.4, 0.5) is 18.9 Å². The quantitative estimate of drug-likeness (QED) is 0.857. The van der Waals surface area contributed by atoms with Gasteiger partial charge < -0.3 is 9.73 Å². The minimum Gasteiger partial charge on any atom is -0.452 e. The van der Waals surface area contributed by atoms with Gasteiger partial charge in [-0.2, -0.15) is 13.2 Å². The highest BCUT2D eigenvalue weighted by molar-refractivity contribution is 6.35. The van der Waals surface area contributed by atoms with Crippen LogP contribution in [0.2, 0.25) is 10.2 Å². The third kappa shape index (κ3) is 3.08. The monoisotopic (exact) mass is 323 g/mol. The van der Waals surface area contributed by atoms with E-state index in [9.17, 15) is 18.0 Å². The number of anilines is 1. The zero-order chi connectivity index (χ0) is 14.9. The van der Waals surface area contributed by atoms with Gasteiger partial charge in [-0.25, -0.2) is 0 Å². The maximum absolute atomic E-state index is 12.5. The van der Waals surface area contributed by atoms with E-state index >= 15 is 0 Å². The van der Waals surface area contributed by atoms with Gasteiger partial charge in [0, 0.05) is 0 Å². The molecule has 0 saturated heterocycles. The van der Waals surface area contributed by atoms with Gasteiger partial charge in [0.05, 0.1) is 28.1 Å². The summed E-state index contributed by atoms with van der Waals surface area (Å²) in [5.41, 5.74) is -0.800. The van der Waals surface area contributed by atoms with Gasteiger partial charge in [-0.3, -0.25) is 4.79 Å². The molecule has 2 rings (SSSR count). The maximum Gasteiger partial charge on any atom is 0.416 e. The molecule has 2 aromatic rings. The van der Waals surface area contributed by atoms with Gasteiger partial charge >= 0.3 is 6.18 Å². The molecule has 0 atom stereocenters. The van der Waals surface area contributed by atoms with E-state index < -0.39 is 17.6 Å². The smallest absolute Gasteiger partial charge is 0.416 e. The van der Waals surface area contributed by atoms with Gasteiger partial charge in [0.2, 0.25) is 5.22 Å². The number of carbonyl (C=O) groups excluding carboxylic acids is 1. The molecule has 0 spiro atoms. The van der Waals surface area contributed by atoms with Crippen LogP contribution in [0.25, 0.3) is 0 Å². The van der Waals surface area contributed by atoms with E-state index in [0.717, 1.165) is 18.2 Å². The lowest BCUT2D eigenvalue weighted by Crippen LogP contribution is -2.12. The number of carbonyl (C=O) groups is 1. The molecule has 0 aliphatic rings. The molecule has 0 aliphatic carbocycles. The summed E-state index contributed by atoms with van der Waals surface area (Å²) < 4.78 is 42.1. The Morgan fingerprint density at radius 3 is 2.40 bits per heavy atom. The molecule has 106 valence electrons. The molecule has 0 radical (unpaired) electrons. The molecule has 3 nitrogen and oxygen atoms in total. The summed E-state index contributed by atoms with van der Waals surface area (Å²) in [5.74, 6) is -0.634. The molecule has 1 aromatic heterocycles. The molecule has 1 N–H and O–H groups in total. The second-order valence-corrected chi connectivity index (χ2v) is 4.50. The Morgan fingerprint density at radius 1 is 1.20 bits per heavy atom. The van der Waals surface area contributed by atoms with Crippen molar-refractivity contribution in [2.75, 3.05) is 5.32 Å². The highest BCUT2D eigenvalue weighted by Crippen LogP contribution is 2.34. The Hall–Kier alpha value is -1.66. The Balaban J connectivity index is 2.23. The molecule has 1 heterocycles. The zero-order valence-electron chi connectivity index (χ0n) is 9.59. The standard InChI is InChI=1S/C12H6Cl2F3NO2/c13-8-5-6(12(15,16)17)1-2-9(8)18-11(19)7-3-4-20-10(7)14/h1-5H,(H,18,19). The third-order valence-electron chi connectivity index (χ3n) is 2.41. The Bertz CT molecular complexity index is 652. The molecule has 0 aliphatic heterocycles. The molecule has 0 unspecified atom stereocenters. The lowest BCUT2D eigenvalue weighted by Gasteiger charge is -2.10. The summed E-state index contributed by atoms with van der Waals surface area (Å²) in [7, 11) is 0. The third-order valence-corrected chi connectivity index (χ3v) is 3.01. The number of halogens is 5. The first-order valence-electron chi connectivity index (χ1n) is 5.20. The van der Waals surface area contributed by atoms with Gasteiger partial charge in [-0.15, -0.1) is 0 Å². The van der Waals surface area contributed by atoms with Crippen LogP contribution in [-0.4, -0.2) is 5.91 Å². The van der Waals surface area contributed by atoms with E-state index in [-0.39, 0.29) is 21.5 Å². The highest BCUT2D eigenvalue weighted by Gasteiger charge is 2.31. The molecule has 1 aromatic carbocycles. The fourth-order valence-corrected chi connectivity index (χ4v) is 1.87. The van der Waals surface area contributed by atoms with Gasteiger partial charge in [0.15, 0.2) is 0 Å². The van der Waals surface area contributed by atoms with Gasteiger partial charge in [0.25, 0.3) is 5.91 Å². The normalized spacial score (nSPS) is 11.4. The van der Waals surface area contributed by atoms with Crippen molar-refractivity contribution in [1.29, 1.82) is 0 Å². The molecular weight excluding hydrogens is 318 g/mol. The number of benzene rings is 1. The molecular formula is C12H6Cl2F3NO2. The van der Waals surface area contributed by atoms with Crippen LogP contribution in [0.15, 0.2) is 34.9 Å². The summed E-state index contributed by atoms with van der Waals surface area (Å²) in [5, 5.41) is 2.00. The van der Waals surface area contributed by atoms with Crippen molar-refractivity contribution in [1.82, 2.24) is 0 Å². The van der Waals surface area contributed by atoms with E-state index in [1.165, 1.54) is 12.3 Å². The first-order valence-corrected chi connectivity index (χ1v) is 5.95. The van der Waals surface area contributed by atoms with Crippen molar-refractivity contribution in [3.63, 3.8) is 0 Å². The van der Waals surface area contributed by atoms with Crippen LogP contribution >= 0.6 is 23.2 Å². The second-order valence-electron chi connectivity index (χ2n) is 3.75. The molecule has 0 saturated carbocycles. The van der Waals surface area contributed by atoms with Crippen molar-refractivity contribution < 1.29 is 22.4 Å². The predicted octanol–water partition coefficient (Wildman–Crippen LogP) is 4.86. The highest BCUT2D eigenvalue weighted by atomic mass is 35.5. The number of hydrogen-bond donors (Lipinski definition) is 1. The molecule has 8 heteroatoms. The Labute approximate surface area is 121 Å². The van der Waals surface area contributed by atoms with E-state index in [4.69, 9.17) is 27.6 Å². The maximum atomic E-state index is 12.5. The first kappa shape index (κ1) is 14.7. The molecule has 0 fully saturated rings.